The van der Waals surface area contributed by atoms with Crippen molar-refractivity contribution in [3.63, 3.8) is 0 Å². The highest BCUT2D eigenvalue weighted by molar-refractivity contribution is 9.09. The van der Waals surface area contributed by atoms with Gasteiger partial charge in [0.15, 0.2) is 11.5 Å². The maximum atomic E-state index is 6.04. The van der Waals surface area contributed by atoms with E-state index in [9.17, 15) is 0 Å². The summed E-state index contributed by atoms with van der Waals surface area (Å²) in [4.78, 5) is 0. The van der Waals surface area contributed by atoms with Gasteiger partial charge in [-0.1, -0.05) is 60.0 Å². The van der Waals surface area contributed by atoms with Crippen LogP contribution in [0.15, 0.2) is 30.3 Å². The molecule has 0 N–H and O–H groups in total. The zero-order chi connectivity index (χ0) is 16.5. The van der Waals surface area contributed by atoms with Gasteiger partial charge in [0.25, 0.3) is 0 Å². The minimum Gasteiger partial charge on any atom is -0.493 e. The molecule has 0 amide bonds. The lowest BCUT2D eigenvalue weighted by atomic mass is 10.1. The molecule has 0 aliphatic rings. The molecule has 0 aliphatic carbocycles. The predicted molar refractivity (Wildman–Crippen MR) is 99.4 cm³/mol. The van der Waals surface area contributed by atoms with Crippen molar-refractivity contribution in [2.45, 2.75) is 32.6 Å². The molecule has 0 saturated carbocycles. The summed E-state index contributed by atoms with van der Waals surface area (Å²) in [6.07, 6.45) is 4.37. The van der Waals surface area contributed by atoms with Gasteiger partial charge in [-0.2, -0.15) is 0 Å². The first-order valence-electron chi connectivity index (χ1n) is 8.23. The minimum atomic E-state index is 0.676. The van der Waals surface area contributed by atoms with Crippen molar-refractivity contribution in [2.75, 3.05) is 25.7 Å². The van der Waals surface area contributed by atoms with Crippen LogP contribution in [0.3, 0.4) is 0 Å². The summed E-state index contributed by atoms with van der Waals surface area (Å²) in [6, 6.07) is 10.1. The van der Waals surface area contributed by atoms with Crippen molar-refractivity contribution in [3.8, 4) is 17.2 Å². The molecule has 23 heavy (non-hydrogen) atoms. The second-order valence-electron chi connectivity index (χ2n) is 5.40. The molecule has 126 valence electrons. The molecule has 0 saturated heterocycles. The van der Waals surface area contributed by atoms with Crippen LogP contribution in [0.5, 0.6) is 17.2 Å². The molecular formula is C19H25BrO3. The van der Waals surface area contributed by atoms with E-state index in [1.54, 1.807) is 7.11 Å². The molecule has 0 atom stereocenters. The Morgan fingerprint density at radius 3 is 2.35 bits per heavy atom. The van der Waals surface area contributed by atoms with Gasteiger partial charge in [0.2, 0.25) is 0 Å². The van der Waals surface area contributed by atoms with Crippen LogP contribution in [0.25, 0.3) is 10.8 Å². The number of rotatable bonds is 10. The van der Waals surface area contributed by atoms with E-state index in [2.05, 4.69) is 35.0 Å². The molecule has 3 nitrogen and oxygen atoms in total. The first-order valence-corrected chi connectivity index (χ1v) is 9.35. The van der Waals surface area contributed by atoms with Gasteiger partial charge >= 0.3 is 0 Å². The highest BCUT2D eigenvalue weighted by atomic mass is 79.9. The third-order valence-corrected chi connectivity index (χ3v) is 4.23. The summed E-state index contributed by atoms with van der Waals surface area (Å²) < 4.78 is 17.5. The van der Waals surface area contributed by atoms with E-state index >= 15 is 0 Å². The van der Waals surface area contributed by atoms with Gasteiger partial charge < -0.3 is 14.2 Å². The van der Waals surface area contributed by atoms with E-state index in [0.717, 1.165) is 46.2 Å². The number of halogens is 1. The van der Waals surface area contributed by atoms with Crippen LogP contribution >= 0.6 is 15.9 Å². The van der Waals surface area contributed by atoms with Crippen molar-refractivity contribution in [2.24, 2.45) is 0 Å². The van der Waals surface area contributed by atoms with E-state index in [0.29, 0.717) is 13.2 Å². The van der Waals surface area contributed by atoms with E-state index in [1.165, 1.54) is 12.8 Å². The van der Waals surface area contributed by atoms with Crippen LogP contribution in [0, 0.1) is 0 Å². The largest absolute Gasteiger partial charge is 0.493 e. The van der Waals surface area contributed by atoms with Gasteiger partial charge in [-0.05, 0) is 12.8 Å². The molecule has 0 heterocycles. The van der Waals surface area contributed by atoms with Gasteiger partial charge in [0.05, 0.1) is 20.3 Å². The van der Waals surface area contributed by atoms with Crippen LogP contribution < -0.4 is 14.2 Å². The Morgan fingerprint density at radius 2 is 1.65 bits per heavy atom. The summed E-state index contributed by atoms with van der Waals surface area (Å²) in [6.45, 7) is 3.57. The third-order valence-electron chi connectivity index (χ3n) is 3.67. The predicted octanol–water partition coefficient (Wildman–Crippen LogP) is 5.58. The number of unbranched alkanes of at least 4 members (excludes halogenated alkanes) is 2. The molecule has 0 aromatic heterocycles. The van der Waals surface area contributed by atoms with Crippen LogP contribution in [0.2, 0.25) is 0 Å². The monoisotopic (exact) mass is 380 g/mol. The summed E-state index contributed by atoms with van der Waals surface area (Å²) >= 11 is 3.43. The standard InChI is InChI=1S/C19H25BrO3/c1-3-4-7-12-23-19-16-10-6-5-9-15(16)17(14-18(19)21-2)22-13-8-11-20/h5-6,9-10,14H,3-4,7-8,11-13H2,1-2H3. The van der Waals surface area contributed by atoms with E-state index in [1.807, 2.05) is 18.2 Å². The summed E-state index contributed by atoms with van der Waals surface area (Å²) in [5.41, 5.74) is 0. The maximum absolute atomic E-state index is 6.04. The Labute approximate surface area is 147 Å². The lowest BCUT2D eigenvalue weighted by Crippen LogP contribution is -2.03. The van der Waals surface area contributed by atoms with Crippen molar-refractivity contribution >= 4 is 26.7 Å². The van der Waals surface area contributed by atoms with E-state index in [4.69, 9.17) is 14.2 Å². The van der Waals surface area contributed by atoms with E-state index in [-0.39, 0.29) is 0 Å². The zero-order valence-corrected chi connectivity index (χ0v) is 15.5. The molecule has 2 aromatic carbocycles. The van der Waals surface area contributed by atoms with Gasteiger partial charge in [0.1, 0.15) is 5.75 Å². The van der Waals surface area contributed by atoms with Crippen molar-refractivity contribution in [1.29, 1.82) is 0 Å². The molecule has 2 rings (SSSR count). The zero-order valence-electron chi connectivity index (χ0n) is 13.9. The first-order chi connectivity index (χ1) is 11.3. The lowest BCUT2D eigenvalue weighted by Gasteiger charge is -2.17. The Kier molecular flexibility index (Phi) is 7.53. The number of alkyl halides is 1. The summed E-state index contributed by atoms with van der Waals surface area (Å²) in [7, 11) is 1.67. The quantitative estimate of drug-likeness (QED) is 0.397. The molecule has 0 fully saturated rings. The smallest absolute Gasteiger partial charge is 0.169 e. The number of ether oxygens (including phenoxy) is 3. The molecule has 0 bridgehead atoms. The van der Waals surface area contributed by atoms with Crippen molar-refractivity contribution in [1.82, 2.24) is 0 Å². The highest BCUT2D eigenvalue weighted by Crippen LogP contribution is 2.41. The number of benzene rings is 2. The molecule has 4 heteroatoms. The van der Waals surface area contributed by atoms with Gasteiger partial charge in [-0.15, -0.1) is 0 Å². The first kappa shape index (κ1) is 17.9. The van der Waals surface area contributed by atoms with E-state index < -0.39 is 0 Å². The number of hydrogen-bond donors (Lipinski definition) is 0. The maximum Gasteiger partial charge on any atom is 0.169 e. The normalized spacial score (nSPS) is 10.7. The average Bonchev–Trinajstić information content (AvgIpc) is 2.59. The van der Waals surface area contributed by atoms with Crippen LogP contribution in [-0.2, 0) is 0 Å². The van der Waals surface area contributed by atoms with Crippen LogP contribution in [0.1, 0.15) is 32.6 Å². The Bertz CT molecular complexity index is 613. The molecule has 0 unspecified atom stereocenters. The number of methoxy groups -OCH3 is 1. The molecule has 2 aromatic rings. The third kappa shape index (κ3) is 4.77. The molecule has 0 radical (unpaired) electrons. The fraction of sp³-hybridized carbons (Fsp3) is 0.474. The molecular weight excluding hydrogens is 356 g/mol. The average molecular weight is 381 g/mol. The highest BCUT2D eigenvalue weighted by Gasteiger charge is 2.14. The van der Waals surface area contributed by atoms with Crippen LogP contribution in [-0.4, -0.2) is 25.7 Å². The molecule has 0 spiro atoms. The van der Waals surface area contributed by atoms with Crippen LogP contribution in [0.4, 0.5) is 0 Å². The summed E-state index contributed by atoms with van der Waals surface area (Å²) in [5.74, 6) is 2.39. The Balaban J connectivity index is 2.32. The lowest BCUT2D eigenvalue weighted by molar-refractivity contribution is 0.286. The Morgan fingerprint density at radius 1 is 0.913 bits per heavy atom. The van der Waals surface area contributed by atoms with Gasteiger partial charge in [-0.3, -0.25) is 0 Å². The van der Waals surface area contributed by atoms with Gasteiger partial charge in [-0.25, -0.2) is 0 Å². The minimum absolute atomic E-state index is 0.676. The van der Waals surface area contributed by atoms with Gasteiger partial charge in [0, 0.05) is 22.2 Å². The van der Waals surface area contributed by atoms with Crippen molar-refractivity contribution < 1.29 is 14.2 Å². The Hall–Kier alpha value is -1.42. The second kappa shape index (κ2) is 9.66. The second-order valence-corrected chi connectivity index (χ2v) is 6.19. The fourth-order valence-corrected chi connectivity index (χ4v) is 2.70. The SMILES string of the molecule is CCCCCOc1c(OC)cc(OCCCBr)c2ccccc12. The number of hydrogen-bond acceptors (Lipinski definition) is 3. The number of fused-ring (bicyclic) bond motifs is 1. The topological polar surface area (TPSA) is 27.7 Å². The van der Waals surface area contributed by atoms with Crippen molar-refractivity contribution in [3.05, 3.63) is 30.3 Å². The summed E-state index contributed by atoms with van der Waals surface area (Å²) in [5, 5.41) is 3.03. The molecule has 0 aliphatic heterocycles. The fourth-order valence-electron chi connectivity index (χ4n) is 2.47.